The number of rotatable bonds is 8. The van der Waals surface area contributed by atoms with Gasteiger partial charge in [-0.15, -0.1) is 0 Å². The standard InChI is InChI=1S/C29H37N5O5/c1-5-38-27(35)25-24(19-33-14-16-34(17-15-33)29(37)30-20(2)3)32(4)28(36)31-26(25)21-10-9-13-23(18-21)39-22-11-7-6-8-12-22/h6-13,18,20,26H,5,14-17,19H2,1-4H3,(H,30,37)(H,31,36)/t26-/m0/s1. The Balaban J connectivity index is 1.60. The maximum absolute atomic E-state index is 13.3. The largest absolute Gasteiger partial charge is 0.463 e. The second kappa shape index (κ2) is 12.7. The van der Waals surface area contributed by atoms with E-state index in [0.29, 0.717) is 61.1 Å². The van der Waals surface area contributed by atoms with E-state index in [9.17, 15) is 14.4 Å². The summed E-state index contributed by atoms with van der Waals surface area (Å²) in [6.07, 6.45) is 0. The number of hydrogen-bond acceptors (Lipinski definition) is 6. The highest BCUT2D eigenvalue weighted by molar-refractivity contribution is 5.95. The molecule has 10 nitrogen and oxygen atoms in total. The number of urea groups is 2. The van der Waals surface area contributed by atoms with Crippen molar-refractivity contribution in [3.63, 3.8) is 0 Å². The number of esters is 1. The number of nitrogens with one attached hydrogen (secondary N) is 2. The van der Waals surface area contributed by atoms with Gasteiger partial charge in [0.15, 0.2) is 0 Å². The minimum absolute atomic E-state index is 0.0655. The number of carbonyl (C=O) groups excluding carboxylic acids is 3. The van der Waals surface area contributed by atoms with Crippen LogP contribution in [0.15, 0.2) is 65.9 Å². The van der Waals surface area contributed by atoms with Crippen LogP contribution in [-0.4, -0.2) is 85.2 Å². The van der Waals surface area contributed by atoms with Gasteiger partial charge in [-0.3, -0.25) is 9.80 Å². The van der Waals surface area contributed by atoms with E-state index in [1.54, 1.807) is 18.9 Å². The molecule has 0 bridgehead atoms. The van der Waals surface area contributed by atoms with Gasteiger partial charge in [-0.1, -0.05) is 30.3 Å². The topological polar surface area (TPSA) is 103 Å². The Morgan fingerprint density at radius 1 is 1.03 bits per heavy atom. The summed E-state index contributed by atoms with van der Waals surface area (Å²) in [5.74, 6) is 0.797. The van der Waals surface area contributed by atoms with Crippen LogP contribution in [0.4, 0.5) is 9.59 Å². The molecule has 0 unspecified atom stereocenters. The Hall–Kier alpha value is -4.05. The first-order chi connectivity index (χ1) is 18.8. The fraction of sp³-hybridized carbons (Fsp3) is 0.414. The van der Waals surface area contributed by atoms with Gasteiger partial charge in [0, 0.05) is 51.5 Å². The highest BCUT2D eigenvalue weighted by Crippen LogP contribution is 2.34. The van der Waals surface area contributed by atoms with E-state index in [0.717, 1.165) is 0 Å². The summed E-state index contributed by atoms with van der Waals surface area (Å²) in [5, 5.41) is 5.89. The monoisotopic (exact) mass is 535 g/mol. The number of carbonyl (C=O) groups is 3. The molecule has 2 aromatic rings. The third kappa shape index (κ3) is 6.88. The molecule has 1 saturated heterocycles. The van der Waals surface area contributed by atoms with Crippen LogP contribution in [0.2, 0.25) is 0 Å². The number of likely N-dealkylation sites (N-methyl/N-ethyl adjacent to an activating group) is 1. The van der Waals surface area contributed by atoms with Gasteiger partial charge >= 0.3 is 18.0 Å². The number of nitrogens with zero attached hydrogens (tertiary/aromatic N) is 3. The molecule has 39 heavy (non-hydrogen) atoms. The molecule has 4 rings (SSSR count). The second-order valence-electron chi connectivity index (χ2n) is 9.88. The fourth-order valence-corrected chi connectivity index (χ4v) is 4.69. The lowest BCUT2D eigenvalue weighted by Crippen LogP contribution is -2.55. The number of hydrogen-bond donors (Lipinski definition) is 2. The average Bonchev–Trinajstić information content (AvgIpc) is 2.92. The molecule has 208 valence electrons. The van der Waals surface area contributed by atoms with Crippen molar-refractivity contribution >= 4 is 18.0 Å². The van der Waals surface area contributed by atoms with E-state index in [-0.39, 0.29) is 24.7 Å². The second-order valence-corrected chi connectivity index (χ2v) is 9.88. The van der Waals surface area contributed by atoms with Crippen LogP contribution in [0.5, 0.6) is 11.5 Å². The van der Waals surface area contributed by atoms with Gasteiger partial charge in [0.05, 0.1) is 18.2 Å². The van der Waals surface area contributed by atoms with Gasteiger partial charge in [-0.25, -0.2) is 14.4 Å². The van der Waals surface area contributed by atoms with Gasteiger partial charge in [0.25, 0.3) is 0 Å². The van der Waals surface area contributed by atoms with Crippen LogP contribution in [0.3, 0.4) is 0 Å². The normalized spacial score (nSPS) is 18.2. The molecule has 0 radical (unpaired) electrons. The number of piperazine rings is 1. The van der Waals surface area contributed by atoms with Crippen molar-refractivity contribution in [1.82, 2.24) is 25.3 Å². The van der Waals surface area contributed by atoms with Crippen molar-refractivity contribution in [3.05, 3.63) is 71.4 Å². The van der Waals surface area contributed by atoms with Gasteiger partial charge in [0.1, 0.15) is 11.5 Å². The summed E-state index contributed by atoms with van der Waals surface area (Å²) in [6.45, 7) is 8.54. The van der Waals surface area contributed by atoms with E-state index in [1.165, 1.54) is 4.90 Å². The predicted octanol–water partition coefficient (Wildman–Crippen LogP) is 3.73. The Kier molecular flexibility index (Phi) is 9.08. The molecular formula is C29H37N5O5. The highest BCUT2D eigenvalue weighted by Gasteiger charge is 2.38. The minimum atomic E-state index is -0.708. The summed E-state index contributed by atoms with van der Waals surface area (Å²) in [5.41, 5.74) is 1.67. The molecule has 2 aromatic carbocycles. The van der Waals surface area contributed by atoms with E-state index < -0.39 is 12.0 Å². The molecule has 1 atom stereocenters. The molecule has 0 aromatic heterocycles. The molecule has 10 heteroatoms. The van der Waals surface area contributed by atoms with Crippen LogP contribution < -0.4 is 15.4 Å². The summed E-state index contributed by atoms with van der Waals surface area (Å²) < 4.78 is 11.5. The highest BCUT2D eigenvalue weighted by atomic mass is 16.5. The van der Waals surface area contributed by atoms with E-state index in [1.807, 2.05) is 68.4 Å². The number of benzene rings is 2. The summed E-state index contributed by atoms with van der Waals surface area (Å²) >= 11 is 0. The third-order valence-electron chi connectivity index (χ3n) is 6.69. The first-order valence-electron chi connectivity index (χ1n) is 13.3. The molecule has 0 spiro atoms. The number of amides is 4. The molecule has 2 aliphatic heterocycles. The van der Waals surface area contributed by atoms with Gasteiger partial charge in [-0.05, 0) is 50.6 Å². The van der Waals surface area contributed by atoms with Crippen LogP contribution >= 0.6 is 0 Å². The maximum Gasteiger partial charge on any atom is 0.338 e. The number of ether oxygens (including phenoxy) is 2. The van der Waals surface area contributed by atoms with E-state index in [2.05, 4.69) is 15.5 Å². The summed E-state index contributed by atoms with van der Waals surface area (Å²) in [4.78, 5) is 44.3. The lowest BCUT2D eigenvalue weighted by Gasteiger charge is -2.39. The molecule has 0 aliphatic carbocycles. The quantitative estimate of drug-likeness (QED) is 0.500. The lowest BCUT2D eigenvalue weighted by molar-refractivity contribution is -0.139. The molecule has 0 saturated carbocycles. The van der Waals surface area contributed by atoms with Crippen molar-refractivity contribution in [2.75, 3.05) is 46.4 Å². The SMILES string of the molecule is CCOC(=O)C1=C(CN2CCN(C(=O)NC(C)C)CC2)N(C)C(=O)N[C@H]1c1cccc(Oc2ccccc2)c1. The van der Waals surface area contributed by atoms with Crippen molar-refractivity contribution < 1.29 is 23.9 Å². The van der Waals surface area contributed by atoms with Crippen LogP contribution in [0, 0.1) is 0 Å². The number of para-hydroxylation sites is 1. The van der Waals surface area contributed by atoms with Crippen LogP contribution in [-0.2, 0) is 9.53 Å². The van der Waals surface area contributed by atoms with Gasteiger partial charge in [0.2, 0.25) is 0 Å². The Morgan fingerprint density at radius 3 is 2.38 bits per heavy atom. The van der Waals surface area contributed by atoms with Crippen molar-refractivity contribution in [2.24, 2.45) is 0 Å². The van der Waals surface area contributed by atoms with E-state index in [4.69, 9.17) is 9.47 Å². The zero-order valence-corrected chi connectivity index (χ0v) is 23.0. The van der Waals surface area contributed by atoms with Gasteiger partial charge < -0.3 is 25.0 Å². The first-order valence-corrected chi connectivity index (χ1v) is 13.3. The summed E-state index contributed by atoms with van der Waals surface area (Å²) in [6, 6.07) is 15.7. The lowest BCUT2D eigenvalue weighted by atomic mass is 9.94. The minimum Gasteiger partial charge on any atom is -0.463 e. The van der Waals surface area contributed by atoms with Gasteiger partial charge in [-0.2, -0.15) is 0 Å². The van der Waals surface area contributed by atoms with Crippen LogP contribution in [0.1, 0.15) is 32.4 Å². The Bertz CT molecular complexity index is 1210. The average molecular weight is 536 g/mol. The molecule has 2 heterocycles. The Morgan fingerprint density at radius 2 is 1.72 bits per heavy atom. The predicted molar refractivity (Wildman–Crippen MR) is 147 cm³/mol. The van der Waals surface area contributed by atoms with Crippen molar-refractivity contribution in [2.45, 2.75) is 32.9 Å². The fourth-order valence-electron chi connectivity index (χ4n) is 4.69. The third-order valence-corrected chi connectivity index (χ3v) is 6.69. The maximum atomic E-state index is 13.3. The first kappa shape index (κ1) is 28.0. The molecule has 1 fully saturated rings. The van der Waals surface area contributed by atoms with Crippen molar-refractivity contribution in [3.8, 4) is 11.5 Å². The zero-order valence-electron chi connectivity index (χ0n) is 23.0. The van der Waals surface area contributed by atoms with Crippen molar-refractivity contribution in [1.29, 1.82) is 0 Å². The zero-order chi connectivity index (χ0) is 27.9. The molecule has 2 N–H and O–H groups in total. The molecule has 4 amide bonds. The summed E-state index contributed by atoms with van der Waals surface area (Å²) in [7, 11) is 1.65. The molecule has 2 aliphatic rings. The molecular weight excluding hydrogens is 498 g/mol. The van der Waals surface area contributed by atoms with Crippen LogP contribution in [0.25, 0.3) is 0 Å². The Labute approximate surface area is 229 Å². The van der Waals surface area contributed by atoms with E-state index >= 15 is 0 Å². The smallest absolute Gasteiger partial charge is 0.338 e.